The molecule has 88 valence electrons. The largest absolute Gasteiger partial charge is 0.356 e. The first-order valence-electron chi connectivity index (χ1n) is 5.65. The molecule has 2 atom stereocenters. The zero-order valence-corrected chi connectivity index (χ0v) is 9.73. The highest BCUT2D eigenvalue weighted by molar-refractivity contribution is 5.38. The summed E-state index contributed by atoms with van der Waals surface area (Å²) in [5.74, 6) is 1.93. The molecule has 2 unspecified atom stereocenters. The molecule has 0 spiro atoms. The van der Waals surface area contributed by atoms with Gasteiger partial charge in [-0.15, -0.1) is 0 Å². The Balaban J connectivity index is 2.17. The molecule has 2 heterocycles. The second-order valence-electron chi connectivity index (χ2n) is 4.54. The van der Waals surface area contributed by atoms with E-state index in [4.69, 9.17) is 5.73 Å². The monoisotopic (exact) mass is 222 g/mol. The molecule has 0 aliphatic carbocycles. The fourth-order valence-corrected chi connectivity index (χ4v) is 2.15. The zero-order chi connectivity index (χ0) is 11.7. The van der Waals surface area contributed by atoms with Crippen LogP contribution in [-0.4, -0.2) is 29.1 Å². The van der Waals surface area contributed by atoms with E-state index < -0.39 is 0 Å². The van der Waals surface area contributed by atoms with Gasteiger partial charge in [0.2, 0.25) is 0 Å². The van der Waals surface area contributed by atoms with Crippen molar-refractivity contribution in [3.63, 3.8) is 0 Å². The third-order valence-corrected chi connectivity index (χ3v) is 3.14. The molecule has 1 fully saturated rings. The van der Waals surface area contributed by atoms with Crippen LogP contribution < -0.4 is 16.2 Å². The minimum Gasteiger partial charge on any atom is -0.356 e. The second kappa shape index (κ2) is 4.25. The quantitative estimate of drug-likeness (QED) is 0.752. The van der Waals surface area contributed by atoms with Gasteiger partial charge in [-0.3, -0.25) is 4.79 Å². The molecular weight excluding hydrogens is 204 g/mol. The number of rotatable bonds is 2. The van der Waals surface area contributed by atoms with Crippen molar-refractivity contribution >= 4 is 5.82 Å². The summed E-state index contributed by atoms with van der Waals surface area (Å²) in [5.41, 5.74) is 5.79. The topological polar surface area (TPSA) is 75.0 Å². The maximum atomic E-state index is 11.3. The van der Waals surface area contributed by atoms with E-state index in [0.29, 0.717) is 11.7 Å². The summed E-state index contributed by atoms with van der Waals surface area (Å²) in [6.07, 6.45) is 1.07. The number of nitrogens with one attached hydrogen (secondary N) is 1. The summed E-state index contributed by atoms with van der Waals surface area (Å²) in [5, 5.41) is 0. The minimum atomic E-state index is -0.0910. The highest BCUT2D eigenvalue weighted by atomic mass is 16.1. The predicted molar refractivity (Wildman–Crippen MR) is 63.6 cm³/mol. The van der Waals surface area contributed by atoms with Crippen molar-refractivity contribution in [1.29, 1.82) is 0 Å². The lowest BCUT2D eigenvalue weighted by atomic mass is 10.0. The Hall–Kier alpha value is -1.36. The molecule has 16 heavy (non-hydrogen) atoms. The summed E-state index contributed by atoms with van der Waals surface area (Å²) in [6.45, 7) is 5.66. The Bertz CT molecular complexity index is 426. The Kier molecular flexibility index (Phi) is 2.96. The maximum absolute atomic E-state index is 11.3. The van der Waals surface area contributed by atoms with Gasteiger partial charge in [0.1, 0.15) is 11.6 Å². The highest BCUT2D eigenvalue weighted by Crippen LogP contribution is 2.22. The van der Waals surface area contributed by atoms with Crippen LogP contribution in [0.2, 0.25) is 0 Å². The van der Waals surface area contributed by atoms with Gasteiger partial charge < -0.3 is 15.6 Å². The van der Waals surface area contributed by atoms with Gasteiger partial charge in [-0.2, -0.15) is 0 Å². The van der Waals surface area contributed by atoms with E-state index in [0.717, 1.165) is 25.3 Å². The SMILES string of the molecule is Cc1nc(N2CCC(C(C)N)C2)cc(=O)[nH]1. The third-order valence-electron chi connectivity index (χ3n) is 3.14. The molecule has 3 N–H and O–H groups in total. The molecule has 1 aliphatic heterocycles. The molecule has 2 rings (SSSR count). The first-order valence-corrected chi connectivity index (χ1v) is 5.65. The number of anilines is 1. The molecule has 1 aromatic heterocycles. The van der Waals surface area contributed by atoms with Gasteiger partial charge in [-0.1, -0.05) is 0 Å². The van der Waals surface area contributed by atoms with Gasteiger partial charge in [0, 0.05) is 25.2 Å². The lowest BCUT2D eigenvalue weighted by Gasteiger charge is -2.18. The van der Waals surface area contributed by atoms with Crippen molar-refractivity contribution in [2.24, 2.45) is 11.7 Å². The summed E-state index contributed by atoms with van der Waals surface area (Å²) in [7, 11) is 0. The maximum Gasteiger partial charge on any atom is 0.252 e. The van der Waals surface area contributed by atoms with Gasteiger partial charge in [-0.05, 0) is 26.2 Å². The van der Waals surface area contributed by atoms with Crippen LogP contribution in [0.15, 0.2) is 10.9 Å². The fourth-order valence-electron chi connectivity index (χ4n) is 2.15. The number of aryl methyl sites for hydroxylation is 1. The molecule has 1 aromatic rings. The summed E-state index contributed by atoms with van der Waals surface area (Å²) >= 11 is 0. The number of hydrogen-bond acceptors (Lipinski definition) is 4. The number of aromatic nitrogens is 2. The molecule has 0 amide bonds. The Morgan fingerprint density at radius 1 is 1.69 bits per heavy atom. The van der Waals surface area contributed by atoms with Crippen molar-refractivity contribution < 1.29 is 0 Å². The first kappa shape index (κ1) is 11.1. The number of nitrogens with zero attached hydrogens (tertiary/aromatic N) is 2. The summed E-state index contributed by atoms with van der Waals surface area (Å²) < 4.78 is 0. The number of aromatic amines is 1. The smallest absolute Gasteiger partial charge is 0.252 e. The molecule has 0 saturated carbocycles. The molecule has 5 nitrogen and oxygen atoms in total. The molecule has 1 saturated heterocycles. The predicted octanol–water partition coefficient (Wildman–Crippen LogP) is 0.252. The molecule has 0 radical (unpaired) electrons. The fraction of sp³-hybridized carbons (Fsp3) is 0.636. The first-order chi connectivity index (χ1) is 7.56. The van der Waals surface area contributed by atoms with E-state index in [1.165, 1.54) is 0 Å². The second-order valence-corrected chi connectivity index (χ2v) is 4.54. The van der Waals surface area contributed by atoms with Gasteiger partial charge in [-0.25, -0.2) is 4.98 Å². The average Bonchev–Trinajstić information content (AvgIpc) is 2.64. The molecule has 0 bridgehead atoms. The van der Waals surface area contributed by atoms with Crippen LogP contribution in [0.25, 0.3) is 0 Å². The van der Waals surface area contributed by atoms with Crippen LogP contribution in [-0.2, 0) is 0 Å². The van der Waals surface area contributed by atoms with Gasteiger partial charge in [0.05, 0.1) is 0 Å². The van der Waals surface area contributed by atoms with Crippen LogP contribution in [0.1, 0.15) is 19.2 Å². The van der Waals surface area contributed by atoms with E-state index in [-0.39, 0.29) is 11.6 Å². The number of hydrogen-bond donors (Lipinski definition) is 2. The molecule has 0 aromatic carbocycles. The third kappa shape index (κ3) is 2.24. The van der Waals surface area contributed by atoms with E-state index in [2.05, 4.69) is 14.9 Å². The van der Waals surface area contributed by atoms with Crippen molar-refractivity contribution in [2.45, 2.75) is 26.3 Å². The van der Waals surface area contributed by atoms with Gasteiger partial charge in [0.25, 0.3) is 5.56 Å². The molecule has 5 heteroatoms. The van der Waals surface area contributed by atoms with E-state index in [1.54, 1.807) is 13.0 Å². The van der Waals surface area contributed by atoms with E-state index >= 15 is 0 Å². The number of nitrogens with two attached hydrogens (primary N) is 1. The van der Waals surface area contributed by atoms with Crippen LogP contribution in [0.5, 0.6) is 0 Å². The lowest BCUT2D eigenvalue weighted by molar-refractivity contribution is 0.488. The molecular formula is C11H18N4O. The van der Waals surface area contributed by atoms with E-state index in [1.807, 2.05) is 6.92 Å². The summed E-state index contributed by atoms with van der Waals surface area (Å²) in [6, 6.07) is 1.75. The van der Waals surface area contributed by atoms with Crippen molar-refractivity contribution in [3.05, 3.63) is 22.2 Å². The standard InChI is InChI=1S/C11H18N4O/c1-7(12)9-3-4-15(6-9)10-5-11(16)14-8(2)13-10/h5,7,9H,3-4,6,12H2,1-2H3,(H,13,14,16). The number of H-pyrrole nitrogens is 1. The highest BCUT2D eigenvalue weighted by Gasteiger charge is 2.26. The normalized spacial score (nSPS) is 22.4. The Morgan fingerprint density at radius 2 is 2.44 bits per heavy atom. The minimum absolute atomic E-state index is 0.0910. The van der Waals surface area contributed by atoms with Crippen LogP contribution in [0.3, 0.4) is 0 Å². The van der Waals surface area contributed by atoms with Gasteiger partial charge >= 0.3 is 0 Å². The van der Waals surface area contributed by atoms with Crippen molar-refractivity contribution in [3.8, 4) is 0 Å². The van der Waals surface area contributed by atoms with Crippen LogP contribution in [0.4, 0.5) is 5.82 Å². The van der Waals surface area contributed by atoms with Crippen molar-refractivity contribution in [1.82, 2.24) is 9.97 Å². The molecule has 1 aliphatic rings. The van der Waals surface area contributed by atoms with Crippen LogP contribution >= 0.6 is 0 Å². The Labute approximate surface area is 94.7 Å². The lowest BCUT2D eigenvalue weighted by Crippen LogP contribution is -2.30. The van der Waals surface area contributed by atoms with Crippen molar-refractivity contribution in [2.75, 3.05) is 18.0 Å². The van der Waals surface area contributed by atoms with E-state index in [9.17, 15) is 4.79 Å². The average molecular weight is 222 g/mol. The zero-order valence-electron chi connectivity index (χ0n) is 9.73. The summed E-state index contributed by atoms with van der Waals surface area (Å²) in [4.78, 5) is 20.5. The van der Waals surface area contributed by atoms with Gasteiger partial charge in [0.15, 0.2) is 0 Å². The Morgan fingerprint density at radius 3 is 3.00 bits per heavy atom. The van der Waals surface area contributed by atoms with Crippen LogP contribution in [0, 0.1) is 12.8 Å².